The Morgan fingerprint density at radius 2 is 1.88 bits per heavy atom. The zero-order valence-corrected chi connectivity index (χ0v) is 9.32. The zero-order chi connectivity index (χ0) is 11.4. The fraction of sp³-hybridized carbons (Fsp3) is 0.0769. The van der Waals surface area contributed by atoms with Gasteiger partial charge >= 0.3 is 0 Å². The Balaban J connectivity index is 2.31. The molecule has 1 heterocycles. The Morgan fingerprint density at radius 3 is 2.38 bits per heavy atom. The minimum absolute atomic E-state index is 0.470. The smallest absolute Gasteiger partial charge is 0.150 e. The average molecular weight is 232 g/mol. The Kier molecular flexibility index (Phi) is 3.32. The van der Waals surface area contributed by atoms with Gasteiger partial charge in [-0.05, 0) is 11.6 Å². The summed E-state index contributed by atoms with van der Waals surface area (Å²) in [4.78, 5) is 14.8. The summed E-state index contributed by atoms with van der Waals surface area (Å²) < 4.78 is 0. The van der Waals surface area contributed by atoms with Crippen LogP contribution in [0.3, 0.4) is 0 Å². The zero-order valence-electron chi connectivity index (χ0n) is 8.56. The first-order chi connectivity index (χ1) is 7.83. The van der Waals surface area contributed by atoms with Crippen LogP contribution in [0.2, 0.25) is 0 Å². The highest BCUT2D eigenvalue weighted by atomic mass is 35.5. The summed E-state index contributed by atoms with van der Waals surface area (Å²) in [5.74, 6) is 0.470. The van der Waals surface area contributed by atoms with Gasteiger partial charge in [0.25, 0.3) is 0 Å². The van der Waals surface area contributed by atoms with Crippen LogP contribution in [-0.2, 0) is 5.88 Å². The van der Waals surface area contributed by atoms with E-state index in [1.165, 1.54) is 0 Å². The van der Waals surface area contributed by atoms with E-state index in [1.54, 1.807) is 18.3 Å². The van der Waals surface area contributed by atoms with Crippen LogP contribution >= 0.6 is 11.6 Å². The van der Waals surface area contributed by atoms with Crippen molar-refractivity contribution in [3.63, 3.8) is 0 Å². The second-order valence-electron chi connectivity index (χ2n) is 3.43. The quantitative estimate of drug-likeness (QED) is 0.599. The van der Waals surface area contributed by atoms with Crippen molar-refractivity contribution in [2.24, 2.45) is 0 Å². The summed E-state index contributed by atoms with van der Waals surface area (Å²) in [5.41, 5.74) is 3.54. The molecule has 3 heteroatoms. The predicted molar refractivity (Wildman–Crippen MR) is 64.6 cm³/mol. The van der Waals surface area contributed by atoms with Crippen LogP contribution in [-0.4, -0.2) is 11.3 Å². The SMILES string of the molecule is O=Cc1ccc(-c2ccc(CCl)cn2)cc1. The highest BCUT2D eigenvalue weighted by Gasteiger charge is 1.99. The molecule has 2 rings (SSSR count). The number of pyridine rings is 1. The minimum atomic E-state index is 0.470. The summed E-state index contributed by atoms with van der Waals surface area (Å²) in [6.45, 7) is 0. The van der Waals surface area contributed by atoms with Gasteiger partial charge in [0.1, 0.15) is 6.29 Å². The molecule has 1 aromatic carbocycles. The molecule has 0 spiro atoms. The molecule has 0 amide bonds. The third-order valence-corrected chi connectivity index (χ3v) is 2.63. The topological polar surface area (TPSA) is 30.0 Å². The summed E-state index contributed by atoms with van der Waals surface area (Å²) >= 11 is 5.69. The molecule has 2 aromatic rings. The molecule has 0 aliphatic heterocycles. The first-order valence-corrected chi connectivity index (χ1v) is 5.43. The molecule has 16 heavy (non-hydrogen) atoms. The maximum atomic E-state index is 10.5. The lowest BCUT2D eigenvalue weighted by atomic mass is 10.1. The van der Waals surface area contributed by atoms with Crippen LogP contribution in [0.4, 0.5) is 0 Å². The van der Waals surface area contributed by atoms with Crippen molar-refractivity contribution in [3.05, 3.63) is 53.7 Å². The average Bonchev–Trinajstić information content (AvgIpc) is 2.39. The molecule has 0 saturated heterocycles. The lowest BCUT2D eigenvalue weighted by Crippen LogP contribution is -1.86. The van der Waals surface area contributed by atoms with Crippen molar-refractivity contribution in [1.82, 2.24) is 4.98 Å². The van der Waals surface area contributed by atoms with Crippen LogP contribution < -0.4 is 0 Å². The van der Waals surface area contributed by atoms with Crippen molar-refractivity contribution in [2.45, 2.75) is 5.88 Å². The second-order valence-corrected chi connectivity index (χ2v) is 3.69. The first-order valence-electron chi connectivity index (χ1n) is 4.90. The highest BCUT2D eigenvalue weighted by Crippen LogP contribution is 2.17. The lowest BCUT2D eigenvalue weighted by Gasteiger charge is -2.01. The normalized spacial score (nSPS) is 10.1. The number of hydrogen-bond donors (Lipinski definition) is 0. The fourth-order valence-electron chi connectivity index (χ4n) is 1.41. The molecule has 0 aliphatic rings. The van der Waals surface area contributed by atoms with Crippen molar-refractivity contribution in [2.75, 3.05) is 0 Å². The van der Waals surface area contributed by atoms with Gasteiger partial charge in [0.15, 0.2) is 0 Å². The Morgan fingerprint density at radius 1 is 1.12 bits per heavy atom. The van der Waals surface area contributed by atoms with E-state index in [4.69, 9.17) is 11.6 Å². The number of rotatable bonds is 3. The maximum Gasteiger partial charge on any atom is 0.150 e. The van der Waals surface area contributed by atoms with Gasteiger partial charge in [0.2, 0.25) is 0 Å². The second kappa shape index (κ2) is 4.90. The van der Waals surface area contributed by atoms with E-state index in [0.717, 1.165) is 23.1 Å². The van der Waals surface area contributed by atoms with Gasteiger partial charge in [-0.2, -0.15) is 0 Å². The van der Waals surface area contributed by atoms with E-state index in [-0.39, 0.29) is 0 Å². The summed E-state index contributed by atoms with van der Waals surface area (Å²) in [5, 5.41) is 0. The first kappa shape index (κ1) is 10.8. The van der Waals surface area contributed by atoms with E-state index in [2.05, 4.69) is 4.98 Å². The van der Waals surface area contributed by atoms with Crippen LogP contribution in [0.1, 0.15) is 15.9 Å². The Hall–Kier alpha value is -1.67. The van der Waals surface area contributed by atoms with Gasteiger partial charge < -0.3 is 0 Å². The Labute approximate surface area is 98.9 Å². The van der Waals surface area contributed by atoms with Gasteiger partial charge in [0.05, 0.1) is 5.69 Å². The van der Waals surface area contributed by atoms with E-state index in [0.29, 0.717) is 11.4 Å². The van der Waals surface area contributed by atoms with E-state index in [1.807, 2.05) is 24.3 Å². The molecule has 0 saturated carbocycles. The van der Waals surface area contributed by atoms with Gasteiger partial charge in [-0.1, -0.05) is 30.3 Å². The van der Waals surface area contributed by atoms with Crippen molar-refractivity contribution in [1.29, 1.82) is 0 Å². The number of carbonyl (C=O) groups excluding carboxylic acids is 1. The van der Waals surface area contributed by atoms with Gasteiger partial charge in [-0.25, -0.2) is 0 Å². The number of benzene rings is 1. The van der Waals surface area contributed by atoms with Crippen molar-refractivity contribution < 1.29 is 4.79 Å². The van der Waals surface area contributed by atoms with Gasteiger partial charge in [-0.15, -0.1) is 11.6 Å². The summed E-state index contributed by atoms with van der Waals surface area (Å²) in [6, 6.07) is 11.2. The highest BCUT2D eigenvalue weighted by molar-refractivity contribution is 6.17. The minimum Gasteiger partial charge on any atom is -0.298 e. The molecule has 0 atom stereocenters. The molecule has 0 N–H and O–H groups in total. The van der Waals surface area contributed by atoms with Crippen LogP contribution in [0, 0.1) is 0 Å². The number of hydrogen-bond acceptors (Lipinski definition) is 2. The molecular formula is C13H10ClNO. The van der Waals surface area contributed by atoms with E-state index in [9.17, 15) is 4.79 Å². The van der Waals surface area contributed by atoms with Gasteiger partial charge in [0, 0.05) is 23.2 Å². The third-order valence-electron chi connectivity index (χ3n) is 2.32. The molecular weight excluding hydrogens is 222 g/mol. The third kappa shape index (κ3) is 2.28. The lowest BCUT2D eigenvalue weighted by molar-refractivity contribution is 0.112. The number of nitrogens with zero attached hydrogens (tertiary/aromatic N) is 1. The number of aromatic nitrogens is 1. The van der Waals surface area contributed by atoms with Crippen LogP contribution in [0.15, 0.2) is 42.6 Å². The summed E-state index contributed by atoms with van der Waals surface area (Å²) in [6.07, 6.45) is 2.59. The number of carbonyl (C=O) groups is 1. The predicted octanol–water partition coefficient (Wildman–Crippen LogP) is 3.30. The van der Waals surface area contributed by atoms with E-state index >= 15 is 0 Å². The molecule has 0 unspecified atom stereocenters. The fourth-order valence-corrected chi connectivity index (χ4v) is 1.56. The van der Waals surface area contributed by atoms with Crippen LogP contribution in [0.25, 0.3) is 11.3 Å². The Bertz CT molecular complexity index is 476. The van der Waals surface area contributed by atoms with Gasteiger partial charge in [-0.3, -0.25) is 9.78 Å². The molecule has 2 nitrogen and oxygen atoms in total. The number of halogens is 1. The molecule has 0 bridgehead atoms. The molecule has 0 fully saturated rings. The number of alkyl halides is 1. The van der Waals surface area contributed by atoms with E-state index < -0.39 is 0 Å². The van der Waals surface area contributed by atoms with Crippen molar-refractivity contribution in [3.8, 4) is 11.3 Å². The van der Waals surface area contributed by atoms with Crippen molar-refractivity contribution >= 4 is 17.9 Å². The molecule has 0 aliphatic carbocycles. The largest absolute Gasteiger partial charge is 0.298 e. The molecule has 80 valence electrons. The standard InChI is InChI=1S/C13H10ClNO/c14-7-11-3-6-13(15-8-11)12-4-1-10(9-16)2-5-12/h1-6,8-9H,7H2. The van der Waals surface area contributed by atoms with Crippen LogP contribution in [0.5, 0.6) is 0 Å². The summed E-state index contributed by atoms with van der Waals surface area (Å²) in [7, 11) is 0. The maximum absolute atomic E-state index is 10.5. The molecule has 1 aromatic heterocycles. The monoisotopic (exact) mass is 231 g/mol. The number of aldehydes is 1. The molecule has 0 radical (unpaired) electrons.